The quantitative estimate of drug-likeness (QED) is 0.0354. The van der Waals surface area contributed by atoms with Crippen molar-refractivity contribution < 1.29 is 54.1 Å². The monoisotopic (exact) mass is 1710 g/mol. The molecule has 4 unspecified atom stereocenters. The number of thioether (sulfide) groups is 2. The van der Waals surface area contributed by atoms with Crippen LogP contribution in [0.1, 0.15) is 140 Å². The number of carbonyl (C=O) groups excluding carboxylic acids is 2. The van der Waals surface area contributed by atoms with Gasteiger partial charge in [0.1, 0.15) is 35.1 Å². The summed E-state index contributed by atoms with van der Waals surface area (Å²) in [5, 5.41) is 72.4. The maximum atomic E-state index is 14.1. The minimum absolute atomic E-state index is 0.0249. The zero-order chi connectivity index (χ0) is 86.3. The van der Waals surface area contributed by atoms with Crippen molar-refractivity contribution in [2.75, 3.05) is 11.5 Å². The first-order valence-electron chi connectivity index (χ1n) is 40.2. The predicted octanol–water partition coefficient (Wildman–Crippen LogP) is 23.3. The van der Waals surface area contributed by atoms with Gasteiger partial charge in [0.15, 0.2) is 34.7 Å². The van der Waals surface area contributed by atoms with Crippen LogP contribution in [0.15, 0.2) is 260 Å². The number of aryl methyl sites for hydroxylation is 3. The van der Waals surface area contributed by atoms with Gasteiger partial charge in [-0.25, -0.2) is 8.78 Å². The Hall–Kier alpha value is -11.3. The summed E-state index contributed by atoms with van der Waals surface area (Å²) in [4.78, 5) is 50.5. The van der Waals surface area contributed by atoms with E-state index in [2.05, 4.69) is 112 Å². The molecule has 120 heavy (non-hydrogen) atoms. The summed E-state index contributed by atoms with van der Waals surface area (Å²) in [5.74, 6) is 2.02. The second-order valence-electron chi connectivity index (χ2n) is 32.0. The number of aromatic nitrogens is 2. The number of carbonyl (C=O) groups is 2. The lowest BCUT2D eigenvalue weighted by Crippen LogP contribution is -2.28. The number of halogens is 3. The molecule has 2 aromatic heterocycles. The topological polar surface area (TPSA) is 220 Å². The van der Waals surface area contributed by atoms with Crippen molar-refractivity contribution in [3.05, 3.63) is 345 Å². The fourth-order valence-corrected chi connectivity index (χ4v) is 18.5. The van der Waals surface area contributed by atoms with Crippen LogP contribution in [-0.4, -0.2) is 68.0 Å². The highest BCUT2D eigenvalue weighted by molar-refractivity contribution is 9.10. The highest BCUT2D eigenvalue weighted by Crippen LogP contribution is 2.45. The van der Waals surface area contributed by atoms with Gasteiger partial charge < -0.3 is 35.7 Å². The van der Waals surface area contributed by atoms with Crippen LogP contribution in [0.2, 0.25) is 0 Å². The van der Waals surface area contributed by atoms with Crippen LogP contribution >= 0.6 is 39.5 Å². The average molecular weight is 1710 g/mol. The molecule has 2 aliphatic heterocycles. The molecule has 11 aromatic carbocycles. The molecule has 2 aliphatic rings. The molecule has 0 amide bonds. The minimum atomic E-state index is -0.949. The smallest absolute Gasteiger partial charge is 0.252 e. The third-order valence-corrected chi connectivity index (χ3v) is 25.3. The molecule has 13 aromatic rings. The molecule has 0 fully saturated rings. The largest absolute Gasteiger partial charge is 0.508 e. The number of phenolic OH excluding ortho intramolecular Hbond substituents is 5. The van der Waals surface area contributed by atoms with Gasteiger partial charge in [0.2, 0.25) is 0 Å². The van der Waals surface area contributed by atoms with Crippen molar-refractivity contribution in [2.24, 2.45) is 23.7 Å². The second-order valence-corrected chi connectivity index (χ2v) is 34.9. The Kier molecular flexibility index (Phi) is 30.3. The standard InChI is InChI=1S/C26H20BrNO2S.C26H19F2NO2S.C20H26O3.C19H24O3.C11H14O/c1-16(29)23-15-31-26-25(18-9-11-21(27)12-10-18)20(14-24(30)28(23)26)13-19-7-4-6-17-5-2-3-8-22(17)19;1-15(30)23-14-32-26-25(19-8-9-21(27)22(28)12-19)20(13-24(31)29(23)26)11-16-6-7-17-4-2-3-5-18(17)10-16;1-13(8-16-4-6-19(22)15(3)10-16)14(2)9-17-5-7-20(23)18(11-17)12-21;1-12(8-15-4-6-17(20)14(3)10-15)13(2)9-16-5-7-18(21)19(22)11-16;1-8(2)6-10-4-5-11(12)9(3)7-10/h2-12,14,23H,13,15H2,1H3;2-10,12-13,23H,11,14H2,1H3;4-7,10-11,13-14,21-23H,8-9,12H2,1-3H3;4-7,10-13,20-22H,8-9H2,1-3H3;4-7,12H,1-3H3/t2*23-;;;/m00.../s1. The van der Waals surface area contributed by atoms with Gasteiger partial charge in [-0.3, -0.25) is 28.3 Å². The maximum Gasteiger partial charge on any atom is 0.252 e. The molecule has 13 nitrogen and oxygen atoms in total. The highest BCUT2D eigenvalue weighted by Gasteiger charge is 2.34. The molecule has 15 rings (SSSR count). The summed E-state index contributed by atoms with van der Waals surface area (Å²) in [6.45, 7) is 21.6. The van der Waals surface area contributed by atoms with E-state index in [9.17, 15) is 63.7 Å². The number of nitrogens with zero attached hydrogens (tertiary/aromatic N) is 2. The number of allylic oxidation sites excluding steroid dienone is 1. The Morgan fingerprint density at radius 2 is 0.875 bits per heavy atom. The molecular weight excluding hydrogens is 1610 g/mol. The number of benzene rings is 11. The molecule has 7 N–H and O–H groups in total. The molecule has 0 bridgehead atoms. The first-order valence-corrected chi connectivity index (χ1v) is 43.0. The molecule has 0 spiro atoms. The van der Waals surface area contributed by atoms with E-state index >= 15 is 0 Å². The molecule has 18 heteroatoms. The summed E-state index contributed by atoms with van der Waals surface area (Å²) in [5.41, 5.74) is 17.2. The van der Waals surface area contributed by atoms with Crippen LogP contribution in [0.3, 0.4) is 0 Å². The Balaban J connectivity index is 0.000000151. The van der Waals surface area contributed by atoms with E-state index in [0.29, 0.717) is 87.0 Å². The molecule has 4 heterocycles. The molecule has 620 valence electrons. The minimum Gasteiger partial charge on any atom is -0.508 e. The Morgan fingerprint density at radius 1 is 0.425 bits per heavy atom. The van der Waals surface area contributed by atoms with Crippen molar-refractivity contribution in [2.45, 2.75) is 143 Å². The van der Waals surface area contributed by atoms with Crippen molar-refractivity contribution in [1.29, 1.82) is 0 Å². The van der Waals surface area contributed by atoms with E-state index in [1.54, 1.807) is 59.7 Å². The number of pyridine rings is 2. The van der Waals surface area contributed by atoms with Crippen molar-refractivity contribution in [3.8, 4) is 56.8 Å². The van der Waals surface area contributed by atoms with Gasteiger partial charge in [0, 0.05) is 44.8 Å². The number of aromatic hydroxyl groups is 6. The summed E-state index contributed by atoms with van der Waals surface area (Å²) < 4.78 is 32.0. The Bertz CT molecular complexity index is 5990. The van der Waals surface area contributed by atoms with Crippen molar-refractivity contribution in [1.82, 2.24) is 9.13 Å². The van der Waals surface area contributed by atoms with E-state index in [4.69, 9.17) is 0 Å². The maximum absolute atomic E-state index is 14.1. The normalized spacial score (nSPS) is 14.1. The van der Waals surface area contributed by atoms with Gasteiger partial charge >= 0.3 is 0 Å². The molecule has 0 radical (unpaired) electrons. The van der Waals surface area contributed by atoms with Gasteiger partial charge in [0.25, 0.3) is 11.1 Å². The first kappa shape index (κ1) is 89.5. The summed E-state index contributed by atoms with van der Waals surface area (Å²) >= 11 is 6.52. The van der Waals surface area contributed by atoms with Crippen LogP contribution in [0, 0.1) is 56.1 Å². The Labute approximate surface area is 717 Å². The second kappa shape index (κ2) is 40.7. The van der Waals surface area contributed by atoms with Gasteiger partial charge in [-0.1, -0.05) is 201 Å². The SMILES string of the molecule is CC(=O)[C@@H]1CSc2c(-c3ccc(Br)cc3)c(Cc3cccc4ccccc34)cc(=O)n21.CC(=O)[C@@H]1CSc2c(-c3ccc(F)c(F)c3)c(Cc3ccc4ccccc4c3)cc(=O)n21.CC(C)=Cc1ccc(O)c(C)c1.Cc1cc(CC(C)C(C)Cc2ccc(O)c(CO)c2)ccc1O.Cc1cc(CC(C)C(C)Cc2ccc(O)c(O)c2)ccc1O. The number of fused-ring (bicyclic) bond motifs is 4. The fraction of sp³-hybridized carbons (Fsp3) is 0.255. The molecular formula is C102H103BrF2N2O11S2. The fourth-order valence-electron chi connectivity index (χ4n) is 15.3. The number of Topliss-reactive ketones (excluding diaryl/α,β-unsaturated/α-hetero) is 2. The van der Waals surface area contributed by atoms with Crippen molar-refractivity contribution >= 4 is 78.6 Å². The highest BCUT2D eigenvalue weighted by atomic mass is 79.9. The molecule has 0 aliphatic carbocycles. The number of rotatable bonds is 20. The lowest BCUT2D eigenvalue weighted by atomic mass is 9.85. The Morgan fingerprint density at radius 3 is 1.38 bits per heavy atom. The van der Waals surface area contributed by atoms with E-state index in [-0.39, 0.29) is 46.5 Å². The van der Waals surface area contributed by atoms with E-state index in [1.165, 1.54) is 74.5 Å². The van der Waals surface area contributed by atoms with Crippen LogP contribution in [0.5, 0.6) is 34.5 Å². The number of hydrogen-bond donors (Lipinski definition) is 7. The van der Waals surface area contributed by atoms with Crippen LogP contribution in [0.4, 0.5) is 8.78 Å². The summed E-state index contributed by atoms with van der Waals surface area (Å²) in [6.07, 6.45) is 6.87. The number of aliphatic hydroxyl groups excluding tert-OH is 1. The van der Waals surface area contributed by atoms with Crippen LogP contribution < -0.4 is 11.1 Å². The zero-order valence-electron chi connectivity index (χ0n) is 69.5. The van der Waals surface area contributed by atoms with Crippen molar-refractivity contribution in [3.63, 3.8) is 0 Å². The zero-order valence-corrected chi connectivity index (χ0v) is 72.7. The van der Waals surface area contributed by atoms with Gasteiger partial charge in [-0.15, -0.1) is 23.5 Å². The molecule has 6 atom stereocenters. The molecule has 0 saturated heterocycles. The number of aliphatic hydroxyl groups is 1. The van der Waals surface area contributed by atoms with E-state index in [0.717, 1.165) is 119 Å². The summed E-state index contributed by atoms with van der Waals surface area (Å²) in [6, 6.07) is 70.6. The summed E-state index contributed by atoms with van der Waals surface area (Å²) in [7, 11) is 0. The van der Waals surface area contributed by atoms with E-state index < -0.39 is 23.7 Å². The number of phenols is 6. The average Bonchev–Trinajstić information content (AvgIpc) is 1.58. The third kappa shape index (κ3) is 22.6. The van der Waals surface area contributed by atoms with Crippen LogP contribution in [0.25, 0.3) is 49.9 Å². The lowest BCUT2D eigenvalue weighted by Gasteiger charge is -2.21. The first-order chi connectivity index (χ1) is 57.3. The van der Waals surface area contributed by atoms with Gasteiger partial charge in [-0.05, 0) is 283 Å². The predicted molar refractivity (Wildman–Crippen MR) is 487 cm³/mol. The van der Waals surface area contributed by atoms with E-state index in [1.807, 2.05) is 136 Å². The lowest BCUT2D eigenvalue weighted by molar-refractivity contribution is -0.120. The number of hydrogen-bond acceptors (Lipinski definition) is 13. The van der Waals surface area contributed by atoms with Gasteiger partial charge in [0.05, 0.1) is 16.7 Å². The third-order valence-electron chi connectivity index (χ3n) is 22.4. The van der Waals surface area contributed by atoms with Gasteiger partial charge in [-0.2, -0.15) is 0 Å². The van der Waals surface area contributed by atoms with Crippen LogP contribution in [-0.2, 0) is 54.7 Å². The number of ketones is 2. The molecule has 0 saturated carbocycles.